The Bertz CT molecular complexity index is 673. The number of benzene rings is 2. The summed E-state index contributed by atoms with van der Waals surface area (Å²) in [6, 6.07) is 15.4. The number of hydrazone groups is 1. The van der Waals surface area contributed by atoms with Gasteiger partial charge >= 0.3 is 0 Å². The van der Waals surface area contributed by atoms with Crippen molar-refractivity contribution in [2.24, 2.45) is 5.10 Å². The molecule has 0 aliphatic heterocycles. The molecule has 114 valence electrons. The van der Waals surface area contributed by atoms with E-state index < -0.39 is 0 Å². The molecule has 2 rings (SSSR count). The van der Waals surface area contributed by atoms with Crippen molar-refractivity contribution >= 4 is 27.5 Å². The van der Waals surface area contributed by atoms with Crippen LogP contribution in [0.3, 0.4) is 0 Å². The highest BCUT2D eigenvalue weighted by Gasteiger charge is 2.06. The topological polar surface area (TPSA) is 41.5 Å². The Morgan fingerprint density at radius 1 is 1.00 bits per heavy atom. The Kier molecular flexibility index (Phi) is 5.50. The summed E-state index contributed by atoms with van der Waals surface area (Å²) in [7, 11) is 0. The van der Waals surface area contributed by atoms with Crippen LogP contribution in [0.4, 0.5) is 0 Å². The summed E-state index contributed by atoms with van der Waals surface area (Å²) >= 11 is 3.39. The Labute approximate surface area is 139 Å². The van der Waals surface area contributed by atoms with Crippen LogP contribution in [0.25, 0.3) is 0 Å². The molecule has 1 N–H and O–H groups in total. The van der Waals surface area contributed by atoms with Gasteiger partial charge in [-0.25, -0.2) is 5.43 Å². The van der Waals surface area contributed by atoms with Crippen LogP contribution in [-0.4, -0.2) is 11.6 Å². The molecule has 0 saturated carbocycles. The van der Waals surface area contributed by atoms with E-state index in [9.17, 15) is 4.79 Å². The van der Waals surface area contributed by atoms with Crippen molar-refractivity contribution in [1.82, 2.24) is 5.43 Å². The number of hydrogen-bond donors (Lipinski definition) is 1. The lowest BCUT2D eigenvalue weighted by atomic mass is 10.0. The summed E-state index contributed by atoms with van der Waals surface area (Å²) in [5.74, 6) is 0.251. The molecule has 1 amide bonds. The van der Waals surface area contributed by atoms with Crippen molar-refractivity contribution in [3.05, 3.63) is 69.7 Å². The first-order valence-corrected chi connectivity index (χ1v) is 7.97. The maximum atomic E-state index is 12.1. The SMILES string of the molecule is C/C(=N\NC(=O)c1ccc(C(C)C)cc1)c1ccc(Br)cc1. The highest BCUT2D eigenvalue weighted by atomic mass is 79.9. The van der Waals surface area contributed by atoms with Crippen molar-refractivity contribution in [3.63, 3.8) is 0 Å². The third kappa shape index (κ3) is 4.28. The second kappa shape index (κ2) is 7.36. The molecule has 0 aliphatic rings. The molecule has 0 unspecified atom stereocenters. The molecule has 0 aliphatic carbocycles. The fraction of sp³-hybridized carbons (Fsp3) is 0.222. The Morgan fingerprint density at radius 3 is 2.09 bits per heavy atom. The second-order valence-corrected chi connectivity index (χ2v) is 6.34. The molecule has 3 nitrogen and oxygen atoms in total. The van der Waals surface area contributed by atoms with Gasteiger partial charge in [0.15, 0.2) is 0 Å². The standard InChI is InChI=1S/C18H19BrN2O/c1-12(2)14-4-6-16(7-5-14)18(22)21-20-13(3)15-8-10-17(19)11-9-15/h4-12H,1-3H3,(H,21,22)/b20-13+. The molecule has 0 aromatic heterocycles. The zero-order chi connectivity index (χ0) is 16.1. The number of amides is 1. The number of nitrogens with one attached hydrogen (secondary N) is 1. The Hall–Kier alpha value is -1.94. The van der Waals surface area contributed by atoms with E-state index in [1.807, 2.05) is 55.5 Å². The summed E-state index contributed by atoms with van der Waals surface area (Å²) in [4.78, 5) is 12.1. The average molecular weight is 359 g/mol. The van der Waals surface area contributed by atoms with Gasteiger partial charge in [0.05, 0.1) is 5.71 Å². The lowest BCUT2D eigenvalue weighted by Crippen LogP contribution is -2.19. The van der Waals surface area contributed by atoms with Gasteiger partial charge < -0.3 is 0 Å². The van der Waals surface area contributed by atoms with Gasteiger partial charge in [-0.1, -0.05) is 54.0 Å². The number of rotatable bonds is 4. The second-order valence-electron chi connectivity index (χ2n) is 5.42. The summed E-state index contributed by atoms with van der Waals surface area (Å²) in [5.41, 5.74) is 6.15. The number of carbonyl (C=O) groups is 1. The van der Waals surface area contributed by atoms with Gasteiger partial charge in [0.2, 0.25) is 0 Å². The maximum absolute atomic E-state index is 12.1. The van der Waals surface area contributed by atoms with Crippen molar-refractivity contribution in [1.29, 1.82) is 0 Å². The number of halogens is 1. The zero-order valence-corrected chi connectivity index (χ0v) is 14.5. The summed E-state index contributed by atoms with van der Waals surface area (Å²) < 4.78 is 1.01. The number of hydrogen-bond acceptors (Lipinski definition) is 2. The van der Waals surface area contributed by atoms with Crippen LogP contribution in [0.5, 0.6) is 0 Å². The Balaban J connectivity index is 2.05. The van der Waals surface area contributed by atoms with Crippen LogP contribution in [-0.2, 0) is 0 Å². The van der Waals surface area contributed by atoms with Gasteiger partial charge in [-0.05, 0) is 48.2 Å². The van der Waals surface area contributed by atoms with Crippen LogP contribution in [0.15, 0.2) is 58.1 Å². The minimum absolute atomic E-state index is 0.202. The van der Waals surface area contributed by atoms with E-state index in [-0.39, 0.29) is 5.91 Å². The summed E-state index contributed by atoms with van der Waals surface area (Å²) in [5, 5.41) is 4.16. The van der Waals surface area contributed by atoms with Crippen molar-refractivity contribution in [3.8, 4) is 0 Å². The predicted octanol–water partition coefficient (Wildman–Crippen LogP) is 4.73. The van der Waals surface area contributed by atoms with Gasteiger partial charge in [0.25, 0.3) is 5.91 Å². The molecular formula is C18H19BrN2O. The maximum Gasteiger partial charge on any atom is 0.271 e. The van der Waals surface area contributed by atoms with Crippen molar-refractivity contribution < 1.29 is 4.79 Å². The van der Waals surface area contributed by atoms with E-state index in [1.54, 1.807) is 0 Å². The zero-order valence-electron chi connectivity index (χ0n) is 12.9. The number of nitrogens with zero attached hydrogens (tertiary/aromatic N) is 1. The van der Waals surface area contributed by atoms with Crippen LogP contribution in [0, 0.1) is 0 Å². The lowest BCUT2D eigenvalue weighted by Gasteiger charge is -2.06. The first-order valence-electron chi connectivity index (χ1n) is 7.18. The average Bonchev–Trinajstić information content (AvgIpc) is 2.53. The minimum atomic E-state index is -0.202. The Morgan fingerprint density at radius 2 is 1.55 bits per heavy atom. The third-order valence-electron chi connectivity index (χ3n) is 3.43. The fourth-order valence-corrected chi connectivity index (χ4v) is 2.24. The molecular weight excluding hydrogens is 340 g/mol. The lowest BCUT2D eigenvalue weighted by molar-refractivity contribution is 0.0955. The molecule has 0 heterocycles. The summed E-state index contributed by atoms with van der Waals surface area (Å²) in [6.45, 7) is 6.12. The first kappa shape index (κ1) is 16.4. The normalized spacial score (nSPS) is 11.6. The largest absolute Gasteiger partial charge is 0.271 e. The van der Waals surface area contributed by atoms with Crippen LogP contribution < -0.4 is 5.43 Å². The fourth-order valence-electron chi connectivity index (χ4n) is 1.97. The molecule has 0 saturated heterocycles. The molecule has 22 heavy (non-hydrogen) atoms. The quantitative estimate of drug-likeness (QED) is 0.623. The third-order valence-corrected chi connectivity index (χ3v) is 3.96. The van der Waals surface area contributed by atoms with E-state index in [0.717, 1.165) is 15.7 Å². The first-order chi connectivity index (χ1) is 10.5. The highest BCUT2D eigenvalue weighted by Crippen LogP contribution is 2.15. The molecule has 4 heteroatoms. The smallest absolute Gasteiger partial charge is 0.267 e. The van der Waals surface area contributed by atoms with Crippen LogP contribution in [0.1, 0.15) is 48.2 Å². The van der Waals surface area contributed by atoms with Crippen LogP contribution >= 0.6 is 15.9 Å². The highest BCUT2D eigenvalue weighted by molar-refractivity contribution is 9.10. The molecule has 0 atom stereocenters. The number of carbonyl (C=O) groups excluding carboxylic acids is 1. The van der Waals surface area contributed by atoms with E-state index in [4.69, 9.17) is 0 Å². The molecule has 0 spiro atoms. The van der Waals surface area contributed by atoms with Crippen molar-refractivity contribution in [2.75, 3.05) is 0 Å². The van der Waals surface area contributed by atoms with Crippen molar-refractivity contribution in [2.45, 2.75) is 26.7 Å². The van der Waals surface area contributed by atoms with Crippen LogP contribution in [0.2, 0.25) is 0 Å². The van der Waals surface area contributed by atoms with Gasteiger partial charge in [-0.2, -0.15) is 5.10 Å². The van der Waals surface area contributed by atoms with Gasteiger partial charge in [0, 0.05) is 10.0 Å². The molecule has 2 aromatic rings. The predicted molar refractivity (Wildman–Crippen MR) is 94.4 cm³/mol. The summed E-state index contributed by atoms with van der Waals surface area (Å²) in [6.07, 6.45) is 0. The molecule has 2 aromatic carbocycles. The van der Waals surface area contributed by atoms with Gasteiger partial charge in [-0.15, -0.1) is 0 Å². The van der Waals surface area contributed by atoms with E-state index >= 15 is 0 Å². The van der Waals surface area contributed by atoms with E-state index in [0.29, 0.717) is 11.5 Å². The van der Waals surface area contributed by atoms with E-state index in [1.165, 1.54) is 5.56 Å². The monoisotopic (exact) mass is 358 g/mol. The molecule has 0 fully saturated rings. The molecule has 0 bridgehead atoms. The van der Waals surface area contributed by atoms with Gasteiger partial charge in [0.1, 0.15) is 0 Å². The minimum Gasteiger partial charge on any atom is -0.267 e. The molecule has 0 radical (unpaired) electrons. The van der Waals surface area contributed by atoms with Gasteiger partial charge in [-0.3, -0.25) is 4.79 Å². The van der Waals surface area contributed by atoms with E-state index in [2.05, 4.69) is 40.3 Å².